The Balaban J connectivity index is 3.40. The molecule has 0 saturated heterocycles. The molecule has 47 heavy (non-hydrogen) atoms. The fourth-order valence-electron chi connectivity index (χ4n) is 4.13. The Morgan fingerprint density at radius 2 is 0.979 bits per heavy atom. The van der Waals surface area contributed by atoms with Crippen molar-refractivity contribution in [2.24, 2.45) is 5.11 Å². The van der Waals surface area contributed by atoms with Crippen LogP contribution in [0.15, 0.2) is 5.11 Å². The highest BCUT2D eigenvalue weighted by molar-refractivity contribution is 5.70. The highest BCUT2D eigenvalue weighted by atomic mass is 16.6. The molecule has 1 aromatic rings. The van der Waals surface area contributed by atoms with Gasteiger partial charge in [-0.1, -0.05) is 5.11 Å². The van der Waals surface area contributed by atoms with E-state index in [2.05, 4.69) is 26.0 Å². The standard InChI is InChI=1S/C32H54N6O9/c1-21-23(18-34-27(39)45-30(3,4)5)22(2)25(20-36-29(41)47-32(9,10)11)26(24(21)19-35-28(40)46-31(6,7)8)44-17-16-43-15-14-42-13-12-37-38-33/h12-20H2,1-11H3,(H,34,39)(H,35,40)(H,36,41). The second-order valence-electron chi connectivity index (χ2n) is 13.6. The monoisotopic (exact) mass is 666 g/mol. The molecule has 0 aliphatic heterocycles. The van der Waals surface area contributed by atoms with Crippen LogP contribution >= 0.6 is 0 Å². The van der Waals surface area contributed by atoms with E-state index in [4.69, 9.17) is 34.0 Å². The number of azide groups is 1. The van der Waals surface area contributed by atoms with E-state index < -0.39 is 35.1 Å². The number of hydrogen-bond donors (Lipinski definition) is 3. The summed E-state index contributed by atoms with van der Waals surface area (Å²) >= 11 is 0. The van der Waals surface area contributed by atoms with Crippen molar-refractivity contribution in [1.82, 2.24) is 16.0 Å². The Hall–Kier alpha value is -3.94. The highest BCUT2D eigenvalue weighted by Gasteiger charge is 2.25. The minimum absolute atomic E-state index is 0.0368. The molecule has 0 spiro atoms. The van der Waals surface area contributed by atoms with Crippen molar-refractivity contribution in [3.05, 3.63) is 38.3 Å². The van der Waals surface area contributed by atoms with Crippen molar-refractivity contribution >= 4 is 18.3 Å². The summed E-state index contributed by atoms with van der Waals surface area (Å²) in [6.07, 6.45) is -1.82. The quantitative estimate of drug-likeness (QED) is 0.0615. The molecule has 15 nitrogen and oxygen atoms in total. The summed E-state index contributed by atoms with van der Waals surface area (Å²) in [6, 6.07) is 0. The number of benzene rings is 1. The topological polar surface area (TPSA) is 191 Å². The third-order valence-electron chi connectivity index (χ3n) is 6.03. The molecule has 0 fully saturated rings. The van der Waals surface area contributed by atoms with Gasteiger partial charge in [0.05, 0.1) is 39.5 Å². The maximum absolute atomic E-state index is 12.7. The van der Waals surface area contributed by atoms with Gasteiger partial charge < -0.3 is 44.4 Å². The lowest BCUT2D eigenvalue weighted by molar-refractivity contribution is 0.0384. The Bertz CT molecular complexity index is 1180. The van der Waals surface area contributed by atoms with E-state index >= 15 is 0 Å². The van der Waals surface area contributed by atoms with E-state index in [9.17, 15) is 14.4 Å². The zero-order valence-electron chi connectivity index (χ0n) is 29.9. The first-order chi connectivity index (χ1) is 21.7. The Labute approximate surface area is 278 Å². The van der Waals surface area contributed by atoms with Crippen LogP contribution in [0.3, 0.4) is 0 Å². The summed E-state index contributed by atoms with van der Waals surface area (Å²) in [5.74, 6) is 0.447. The van der Waals surface area contributed by atoms with Gasteiger partial charge in [0.1, 0.15) is 29.2 Å². The number of rotatable bonds is 16. The third-order valence-corrected chi connectivity index (χ3v) is 6.03. The predicted octanol–water partition coefficient (Wildman–Crippen LogP) is 6.10. The molecule has 3 N–H and O–H groups in total. The third kappa shape index (κ3) is 17.5. The lowest BCUT2D eigenvalue weighted by Gasteiger charge is -2.26. The van der Waals surface area contributed by atoms with Crippen LogP contribution in [-0.4, -0.2) is 74.7 Å². The van der Waals surface area contributed by atoms with Gasteiger partial charge in [-0.2, -0.15) is 0 Å². The van der Waals surface area contributed by atoms with Gasteiger partial charge in [0, 0.05) is 29.1 Å². The minimum atomic E-state index is -0.708. The van der Waals surface area contributed by atoms with Crippen LogP contribution < -0.4 is 20.7 Å². The van der Waals surface area contributed by atoms with Crippen LogP contribution in [0.4, 0.5) is 14.4 Å². The van der Waals surface area contributed by atoms with Crippen LogP contribution in [-0.2, 0) is 43.3 Å². The average molecular weight is 667 g/mol. The van der Waals surface area contributed by atoms with E-state index in [0.717, 1.165) is 16.7 Å². The van der Waals surface area contributed by atoms with Crippen LogP contribution in [0.25, 0.3) is 10.4 Å². The van der Waals surface area contributed by atoms with E-state index in [1.165, 1.54) is 0 Å². The molecule has 3 amide bonds. The van der Waals surface area contributed by atoms with Gasteiger partial charge in [-0.15, -0.1) is 0 Å². The van der Waals surface area contributed by atoms with Gasteiger partial charge in [0.25, 0.3) is 0 Å². The first-order valence-corrected chi connectivity index (χ1v) is 15.6. The van der Waals surface area contributed by atoms with Gasteiger partial charge >= 0.3 is 18.3 Å². The van der Waals surface area contributed by atoms with Crippen LogP contribution in [0.1, 0.15) is 90.1 Å². The molecule has 0 bridgehead atoms. The molecule has 0 atom stereocenters. The van der Waals surface area contributed by atoms with Gasteiger partial charge in [0.2, 0.25) is 0 Å². The van der Waals surface area contributed by atoms with E-state index in [1.54, 1.807) is 62.3 Å². The van der Waals surface area contributed by atoms with E-state index in [0.29, 0.717) is 36.7 Å². The first kappa shape index (κ1) is 41.1. The van der Waals surface area contributed by atoms with Crippen LogP contribution in [0.2, 0.25) is 0 Å². The molecule has 1 rings (SSSR count). The van der Waals surface area contributed by atoms with Crippen LogP contribution in [0.5, 0.6) is 5.75 Å². The minimum Gasteiger partial charge on any atom is -0.490 e. The maximum Gasteiger partial charge on any atom is 0.407 e. The molecule has 0 heterocycles. The lowest BCUT2D eigenvalue weighted by atomic mass is 9.91. The zero-order chi connectivity index (χ0) is 35.8. The Kier molecular flexibility index (Phi) is 16.6. The summed E-state index contributed by atoms with van der Waals surface area (Å²) in [7, 11) is 0. The van der Waals surface area contributed by atoms with Crippen molar-refractivity contribution in [3.8, 4) is 5.75 Å². The summed E-state index contributed by atoms with van der Waals surface area (Å²) < 4.78 is 33.6. The van der Waals surface area contributed by atoms with Crippen molar-refractivity contribution in [3.63, 3.8) is 0 Å². The van der Waals surface area contributed by atoms with Gasteiger partial charge in [-0.3, -0.25) is 0 Å². The predicted molar refractivity (Wildman–Crippen MR) is 176 cm³/mol. The molecule has 15 heteroatoms. The molecule has 0 aromatic heterocycles. The Morgan fingerprint density at radius 1 is 0.617 bits per heavy atom. The van der Waals surface area contributed by atoms with Gasteiger partial charge in [-0.05, 0) is 98.4 Å². The molecule has 0 radical (unpaired) electrons. The summed E-state index contributed by atoms with van der Waals surface area (Å²) in [5.41, 5.74) is 9.78. The molecular formula is C32H54N6O9. The van der Waals surface area contributed by atoms with Gasteiger partial charge in [-0.25, -0.2) is 14.4 Å². The summed E-state index contributed by atoms with van der Waals surface area (Å²) in [6.45, 7) is 21.4. The van der Waals surface area contributed by atoms with Crippen molar-refractivity contribution in [2.45, 2.75) is 113 Å². The number of nitrogens with zero attached hydrogens (tertiary/aromatic N) is 3. The van der Waals surface area contributed by atoms with Gasteiger partial charge in [0.15, 0.2) is 0 Å². The first-order valence-electron chi connectivity index (χ1n) is 15.6. The molecule has 0 saturated carbocycles. The highest BCUT2D eigenvalue weighted by Crippen LogP contribution is 2.34. The largest absolute Gasteiger partial charge is 0.490 e. The van der Waals surface area contributed by atoms with Crippen molar-refractivity contribution in [2.75, 3.05) is 39.6 Å². The maximum atomic E-state index is 12.7. The fraction of sp³-hybridized carbons (Fsp3) is 0.719. The second kappa shape index (κ2) is 19.0. The summed E-state index contributed by atoms with van der Waals surface area (Å²) in [4.78, 5) is 40.5. The fourth-order valence-corrected chi connectivity index (χ4v) is 4.13. The van der Waals surface area contributed by atoms with Crippen molar-refractivity contribution in [1.29, 1.82) is 0 Å². The zero-order valence-corrected chi connectivity index (χ0v) is 29.9. The molecule has 1 aromatic carbocycles. The lowest BCUT2D eigenvalue weighted by Crippen LogP contribution is -2.34. The second-order valence-corrected chi connectivity index (χ2v) is 13.6. The van der Waals surface area contributed by atoms with E-state index in [1.807, 2.05) is 13.8 Å². The molecular weight excluding hydrogens is 612 g/mol. The normalized spacial score (nSPS) is 11.6. The molecule has 0 unspecified atom stereocenters. The number of carbonyl (C=O) groups is 3. The van der Waals surface area contributed by atoms with Crippen LogP contribution in [0, 0.1) is 13.8 Å². The number of carbonyl (C=O) groups excluding carboxylic acids is 3. The average Bonchev–Trinajstić information content (AvgIpc) is 2.90. The smallest absolute Gasteiger partial charge is 0.407 e. The van der Waals surface area contributed by atoms with Crippen molar-refractivity contribution < 1.29 is 42.8 Å². The number of ether oxygens (including phenoxy) is 6. The number of nitrogens with one attached hydrogen (secondary N) is 3. The number of hydrogen-bond acceptors (Lipinski definition) is 10. The molecule has 0 aliphatic carbocycles. The SMILES string of the molecule is Cc1c(CNC(=O)OC(C)(C)C)c(C)c(CNC(=O)OC(C)(C)C)c(OCCOCCOCCN=[N+]=[N-])c1CNC(=O)OC(C)(C)C. The molecule has 0 aliphatic rings. The Morgan fingerprint density at radius 3 is 1.36 bits per heavy atom. The summed E-state index contributed by atoms with van der Waals surface area (Å²) in [5, 5.41) is 11.8. The van der Waals surface area contributed by atoms with E-state index in [-0.39, 0.29) is 39.4 Å². The number of alkyl carbamates (subject to hydrolysis) is 3. The number of amides is 3. The molecule has 266 valence electrons.